The maximum absolute atomic E-state index is 12.7. The molecule has 21 heavy (non-hydrogen) atoms. The number of halogens is 3. The Morgan fingerprint density at radius 1 is 1.05 bits per heavy atom. The Morgan fingerprint density at radius 2 is 1.76 bits per heavy atom. The highest BCUT2D eigenvalue weighted by Crippen LogP contribution is 2.38. The zero-order valence-corrected chi connectivity index (χ0v) is 14.9. The zero-order valence-electron chi connectivity index (χ0n) is 11.2. The Bertz CT molecular complexity index is 702. The second-order valence-corrected chi connectivity index (χ2v) is 6.09. The van der Waals surface area contributed by atoms with Crippen molar-refractivity contribution >= 4 is 51.6 Å². The molecule has 0 N–H and O–H groups in total. The van der Waals surface area contributed by atoms with E-state index >= 15 is 0 Å². The minimum absolute atomic E-state index is 0.205. The van der Waals surface area contributed by atoms with Gasteiger partial charge >= 0.3 is 0 Å². The topological polar surface area (TPSA) is 35.5 Å². The number of hydrogen-bond donors (Lipinski definition) is 0. The third-order valence-electron chi connectivity index (χ3n) is 2.90. The van der Waals surface area contributed by atoms with E-state index in [0.29, 0.717) is 21.9 Å². The number of ketones is 1. The van der Waals surface area contributed by atoms with Crippen LogP contribution in [0.3, 0.4) is 0 Å². The Morgan fingerprint density at radius 3 is 2.38 bits per heavy atom. The fourth-order valence-corrected chi connectivity index (χ4v) is 2.96. The molecule has 0 aliphatic rings. The molecule has 2 aromatic rings. The normalized spacial score (nSPS) is 10.3. The number of methoxy groups -OCH3 is 2. The summed E-state index contributed by atoms with van der Waals surface area (Å²) in [5, 5.41) is 0.764. The lowest BCUT2D eigenvalue weighted by atomic mass is 10.0. The molecule has 0 bridgehead atoms. The number of carbonyl (C=O) groups excluding carboxylic acids is 1. The van der Waals surface area contributed by atoms with E-state index in [4.69, 9.17) is 32.7 Å². The molecule has 0 fully saturated rings. The lowest BCUT2D eigenvalue weighted by Crippen LogP contribution is -2.07. The van der Waals surface area contributed by atoms with Crippen molar-refractivity contribution < 1.29 is 14.3 Å². The van der Waals surface area contributed by atoms with Crippen molar-refractivity contribution in [2.75, 3.05) is 14.2 Å². The molecule has 0 aromatic heterocycles. The Hall–Kier alpha value is -0.980. The van der Waals surface area contributed by atoms with Crippen molar-refractivity contribution in [3.63, 3.8) is 0 Å². The first kappa shape index (κ1) is 16.4. The standard InChI is InChI=1S/C15H11Cl2IO3/c1-20-12-6-4-9(15(21-2)13(12)17)14(19)10-7-8(16)3-5-11(10)18/h3-7H,1-2H3. The summed E-state index contributed by atoms with van der Waals surface area (Å²) in [5.74, 6) is 0.533. The highest BCUT2D eigenvalue weighted by atomic mass is 127. The fourth-order valence-electron chi connectivity index (χ4n) is 1.89. The molecule has 0 unspecified atom stereocenters. The van der Waals surface area contributed by atoms with Gasteiger partial charge in [0.25, 0.3) is 0 Å². The molecule has 0 aliphatic carbocycles. The van der Waals surface area contributed by atoms with Gasteiger partial charge in [0.15, 0.2) is 11.5 Å². The molecule has 2 aromatic carbocycles. The van der Waals surface area contributed by atoms with Crippen LogP contribution in [0.15, 0.2) is 30.3 Å². The minimum Gasteiger partial charge on any atom is -0.495 e. The number of rotatable bonds is 4. The van der Waals surface area contributed by atoms with E-state index in [1.54, 1.807) is 30.3 Å². The van der Waals surface area contributed by atoms with E-state index in [1.807, 2.05) is 0 Å². The van der Waals surface area contributed by atoms with Crippen LogP contribution < -0.4 is 9.47 Å². The average Bonchev–Trinajstić information content (AvgIpc) is 2.48. The summed E-state index contributed by atoms with van der Waals surface area (Å²) in [6.07, 6.45) is 0. The van der Waals surface area contributed by atoms with E-state index in [-0.39, 0.29) is 16.6 Å². The molecular formula is C15H11Cl2IO3. The molecule has 110 valence electrons. The SMILES string of the molecule is COc1ccc(C(=O)c2cc(Cl)ccc2I)c(OC)c1Cl. The van der Waals surface area contributed by atoms with Crippen molar-refractivity contribution in [3.05, 3.63) is 55.1 Å². The monoisotopic (exact) mass is 436 g/mol. The van der Waals surface area contributed by atoms with Crippen molar-refractivity contribution in [1.82, 2.24) is 0 Å². The molecule has 0 saturated carbocycles. The smallest absolute Gasteiger partial charge is 0.197 e. The number of ether oxygens (including phenoxy) is 2. The van der Waals surface area contributed by atoms with Crippen molar-refractivity contribution in [2.24, 2.45) is 0 Å². The molecule has 0 amide bonds. The summed E-state index contributed by atoms with van der Waals surface area (Å²) in [6, 6.07) is 8.41. The third-order valence-corrected chi connectivity index (χ3v) is 4.44. The van der Waals surface area contributed by atoms with Gasteiger partial charge in [-0.1, -0.05) is 23.2 Å². The predicted octanol–water partition coefficient (Wildman–Crippen LogP) is 4.85. The van der Waals surface area contributed by atoms with E-state index in [2.05, 4.69) is 22.6 Å². The number of carbonyl (C=O) groups is 1. The quantitative estimate of drug-likeness (QED) is 0.507. The second kappa shape index (κ2) is 6.85. The Balaban J connectivity index is 2.58. The van der Waals surface area contributed by atoms with Gasteiger partial charge in [-0.25, -0.2) is 0 Å². The molecule has 3 nitrogen and oxygen atoms in total. The molecule has 6 heteroatoms. The first-order chi connectivity index (χ1) is 9.99. The van der Waals surface area contributed by atoms with E-state index < -0.39 is 0 Å². The van der Waals surface area contributed by atoms with Crippen LogP contribution in [0.25, 0.3) is 0 Å². The largest absolute Gasteiger partial charge is 0.495 e. The molecule has 2 rings (SSSR count). The fraction of sp³-hybridized carbons (Fsp3) is 0.133. The van der Waals surface area contributed by atoms with Crippen LogP contribution in [0.5, 0.6) is 11.5 Å². The first-order valence-electron chi connectivity index (χ1n) is 5.89. The highest BCUT2D eigenvalue weighted by molar-refractivity contribution is 14.1. The van der Waals surface area contributed by atoms with Crippen LogP contribution in [0.4, 0.5) is 0 Å². The van der Waals surface area contributed by atoms with E-state index in [0.717, 1.165) is 3.57 Å². The molecule has 0 aliphatic heterocycles. The summed E-state index contributed by atoms with van der Waals surface area (Å²) in [6.45, 7) is 0. The van der Waals surface area contributed by atoms with Gasteiger partial charge in [0, 0.05) is 14.2 Å². The van der Waals surface area contributed by atoms with Gasteiger partial charge in [-0.2, -0.15) is 0 Å². The second-order valence-electron chi connectivity index (χ2n) is 4.12. The van der Waals surface area contributed by atoms with Gasteiger partial charge < -0.3 is 9.47 Å². The van der Waals surface area contributed by atoms with Crippen LogP contribution in [0.2, 0.25) is 10.0 Å². The van der Waals surface area contributed by atoms with Crippen molar-refractivity contribution in [2.45, 2.75) is 0 Å². The summed E-state index contributed by atoms with van der Waals surface area (Å²) in [4.78, 5) is 12.7. The molecule has 0 saturated heterocycles. The third kappa shape index (κ3) is 3.27. The molecule has 0 radical (unpaired) electrons. The maximum atomic E-state index is 12.7. The molecular weight excluding hydrogens is 426 g/mol. The lowest BCUT2D eigenvalue weighted by Gasteiger charge is -2.13. The lowest BCUT2D eigenvalue weighted by molar-refractivity contribution is 0.103. The Labute approximate surface area is 146 Å². The van der Waals surface area contributed by atoms with E-state index in [1.165, 1.54) is 14.2 Å². The number of hydrogen-bond acceptors (Lipinski definition) is 3. The first-order valence-corrected chi connectivity index (χ1v) is 7.73. The zero-order chi connectivity index (χ0) is 15.6. The van der Waals surface area contributed by atoms with Crippen LogP contribution in [0.1, 0.15) is 15.9 Å². The van der Waals surface area contributed by atoms with Gasteiger partial charge in [-0.05, 0) is 52.9 Å². The van der Waals surface area contributed by atoms with Crippen LogP contribution in [-0.2, 0) is 0 Å². The summed E-state index contributed by atoms with van der Waals surface area (Å²) < 4.78 is 11.2. The van der Waals surface area contributed by atoms with E-state index in [9.17, 15) is 4.79 Å². The average molecular weight is 437 g/mol. The molecule has 0 spiro atoms. The van der Waals surface area contributed by atoms with Gasteiger partial charge in [-0.15, -0.1) is 0 Å². The van der Waals surface area contributed by atoms with Crippen LogP contribution in [-0.4, -0.2) is 20.0 Å². The highest BCUT2D eigenvalue weighted by Gasteiger charge is 2.21. The molecule has 0 atom stereocenters. The van der Waals surface area contributed by atoms with Crippen molar-refractivity contribution in [3.8, 4) is 11.5 Å². The van der Waals surface area contributed by atoms with Crippen molar-refractivity contribution in [1.29, 1.82) is 0 Å². The summed E-state index contributed by atoms with van der Waals surface area (Å²) in [7, 11) is 2.96. The van der Waals surface area contributed by atoms with Crippen LogP contribution in [0, 0.1) is 3.57 Å². The maximum Gasteiger partial charge on any atom is 0.197 e. The summed E-state index contributed by atoms with van der Waals surface area (Å²) in [5.41, 5.74) is 0.867. The van der Waals surface area contributed by atoms with Gasteiger partial charge in [-0.3, -0.25) is 4.79 Å². The predicted molar refractivity (Wildman–Crippen MR) is 92.2 cm³/mol. The van der Waals surface area contributed by atoms with Gasteiger partial charge in [0.05, 0.1) is 19.8 Å². The minimum atomic E-state index is -0.205. The number of benzene rings is 2. The van der Waals surface area contributed by atoms with Crippen LogP contribution >= 0.6 is 45.8 Å². The van der Waals surface area contributed by atoms with Gasteiger partial charge in [0.1, 0.15) is 10.8 Å². The van der Waals surface area contributed by atoms with Gasteiger partial charge in [0.2, 0.25) is 0 Å². The summed E-state index contributed by atoms with van der Waals surface area (Å²) >= 11 is 14.2. The Kier molecular flexibility index (Phi) is 5.35. The molecule has 0 heterocycles.